The zero-order valence-electron chi connectivity index (χ0n) is 8.51. The molecule has 0 unspecified atom stereocenters. The summed E-state index contributed by atoms with van der Waals surface area (Å²) < 4.78 is 5.80. The Morgan fingerprint density at radius 1 is 1.31 bits per heavy atom. The first-order chi connectivity index (χ1) is 7.74. The predicted molar refractivity (Wildman–Crippen MR) is 64.6 cm³/mol. The topological polar surface area (TPSA) is 63.9 Å². The molecule has 16 heavy (non-hydrogen) atoms. The molecule has 0 aliphatic heterocycles. The summed E-state index contributed by atoms with van der Waals surface area (Å²) in [7, 11) is 0. The molecule has 3 N–H and O–H groups in total. The van der Waals surface area contributed by atoms with E-state index in [1.807, 2.05) is 30.3 Å². The van der Waals surface area contributed by atoms with Gasteiger partial charge < -0.3 is 15.5 Å². The van der Waals surface area contributed by atoms with Crippen molar-refractivity contribution in [1.82, 2.24) is 9.97 Å². The highest BCUT2D eigenvalue weighted by Gasteiger charge is 1.98. The minimum absolute atomic E-state index is 0.322. The number of rotatable bonds is 3. The summed E-state index contributed by atoms with van der Waals surface area (Å²) in [5.74, 6) is 0.883. The molecule has 82 valence electrons. The molecule has 4 nitrogen and oxygen atoms in total. The van der Waals surface area contributed by atoms with Crippen LogP contribution < -0.4 is 10.5 Å². The number of anilines is 1. The minimum atomic E-state index is 0.322. The Morgan fingerprint density at radius 3 is 2.75 bits per heavy atom. The molecule has 1 aromatic heterocycles. The summed E-state index contributed by atoms with van der Waals surface area (Å²) in [4.78, 5) is 6.72. The number of hydrogen-bond acceptors (Lipinski definition) is 4. The van der Waals surface area contributed by atoms with E-state index in [1.165, 1.54) is 0 Å². The second-order valence-corrected chi connectivity index (χ2v) is 3.64. The molecule has 2 aromatic rings. The lowest BCUT2D eigenvalue weighted by Crippen LogP contribution is -2.00. The van der Waals surface area contributed by atoms with Crippen LogP contribution >= 0.6 is 12.2 Å². The lowest BCUT2D eigenvalue weighted by Gasteiger charge is -2.05. The number of H-pyrrole nitrogens is 1. The molecule has 0 saturated heterocycles. The average Bonchev–Trinajstić information content (AvgIpc) is 2.27. The van der Waals surface area contributed by atoms with Crippen LogP contribution in [0.3, 0.4) is 0 Å². The van der Waals surface area contributed by atoms with Gasteiger partial charge in [-0.25, -0.2) is 0 Å². The maximum atomic E-state index is 5.59. The van der Waals surface area contributed by atoms with Gasteiger partial charge in [-0.05, 0) is 17.8 Å². The standard InChI is InChI=1S/C11H11N3OS/c12-9-6-10(14-11(16)13-9)15-7-8-4-2-1-3-5-8/h1-6H,7H2,(H3,12,13,14,16). The van der Waals surface area contributed by atoms with Gasteiger partial charge in [-0.1, -0.05) is 30.3 Å². The van der Waals surface area contributed by atoms with Crippen molar-refractivity contribution >= 4 is 18.0 Å². The van der Waals surface area contributed by atoms with E-state index in [4.69, 9.17) is 22.7 Å². The van der Waals surface area contributed by atoms with Crippen LogP contribution in [0.4, 0.5) is 5.82 Å². The van der Waals surface area contributed by atoms with E-state index in [2.05, 4.69) is 9.97 Å². The first-order valence-electron chi connectivity index (χ1n) is 4.77. The summed E-state index contributed by atoms with van der Waals surface area (Å²) >= 11 is 4.89. The van der Waals surface area contributed by atoms with Crippen molar-refractivity contribution in [3.63, 3.8) is 0 Å². The van der Waals surface area contributed by atoms with Gasteiger partial charge in [-0.3, -0.25) is 0 Å². The van der Waals surface area contributed by atoms with E-state index in [0.717, 1.165) is 5.56 Å². The van der Waals surface area contributed by atoms with E-state index >= 15 is 0 Å². The number of benzene rings is 1. The maximum Gasteiger partial charge on any atom is 0.219 e. The maximum absolute atomic E-state index is 5.59. The van der Waals surface area contributed by atoms with Crippen molar-refractivity contribution in [3.8, 4) is 5.88 Å². The number of nitrogen functional groups attached to an aromatic ring is 1. The van der Waals surface area contributed by atoms with Crippen LogP contribution in [0.5, 0.6) is 5.88 Å². The fourth-order valence-electron chi connectivity index (χ4n) is 1.26. The third-order valence-electron chi connectivity index (χ3n) is 1.97. The Morgan fingerprint density at radius 2 is 2.06 bits per heavy atom. The number of ether oxygens (including phenoxy) is 1. The first kappa shape index (κ1) is 10.6. The van der Waals surface area contributed by atoms with Crippen LogP contribution in [-0.2, 0) is 6.61 Å². The molecular weight excluding hydrogens is 222 g/mol. The molecule has 0 fully saturated rings. The number of aromatic amines is 1. The molecule has 1 heterocycles. The second-order valence-electron chi connectivity index (χ2n) is 3.25. The third-order valence-corrected chi connectivity index (χ3v) is 2.16. The smallest absolute Gasteiger partial charge is 0.219 e. The highest BCUT2D eigenvalue weighted by molar-refractivity contribution is 7.71. The summed E-state index contributed by atoms with van der Waals surface area (Å²) in [6.45, 7) is 0.450. The molecule has 0 saturated carbocycles. The molecule has 2 rings (SSSR count). The molecule has 1 aromatic carbocycles. The number of nitrogens with one attached hydrogen (secondary N) is 1. The fourth-order valence-corrected chi connectivity index (χ4v) is 1.47. The van der Waals surface area contributed by atoms with E-state index in [9.17, 15) is 0 Å². The molecule has 0 aliphatic rings. The third kappa shape index (κ3) is 2.80. The lowest BCUT2D eigenvalue weighted by atomic mass is 10.2. The van der Waals surface area contributed by atoms with Crippen LogP contribution in [0.15, 0.2) is 36.4 Å². The van der Waals surface area contributed by atoms with E-state index in [0.29, 0.717) is 23.1 Å². The van der Waals surface area contributed by atoms with Crippen molar-refractivity contribution < 1.29 is 4.74 Å². The first-order valence-corrected chi connectivity index (χ1v) is 5.18. The Hall–Kier alpha value is -1.88. The number of hydrogen-bond donors (Lipinski definition) is 2. The Bertz CT molecular complexity index is 524. The number of nitrogens with zero attached hydrogens (tertiary/aromatic N) is 1. The molecule has 0 amide bonds. The van der Waals surface area contributed by atoms with E-state index in [-0.39, 0.29) is 0 Å². The predicted octanol–water partition coefficient (Wildman–Crippen LogP) is 2.30. The SMILES string of the molecule is Nc1cc(OCc2ccccc2)nc(=S)[nH]1. The van der Waals surface area contributed by atoms with Gasteiger partial charge in [-0.2, -0.15) is 4.98 Å². The lowest BCUT2D eigenvalue weighted by molar-refractivity contribution is 0.293. The Labute approximate surface area is 98.1 Å². The summed E-state index contributed by atoms with van der Waals surface area (Å²) in [5.41, 5.74) is 6.66. The zero-order valence-corrected chi connectivity index (χ0v) is 9.33. The molecule has 0 spiro atoms. The largest absolute Gasteiger partial charge is 0.473 e. The second kappa shape index (κ2) is 4.76. The fraction of sp³-hybridized carbons (Fsp3) is 0.0909. The summed E-state index contributed by atoms with van der Waals surface area (Å²) in [6, 6.07) is 11.4. The summed E-state index contributed by atoms with van der Waals surface area (Å²) in [5, 5.41) is 0. The van der Waals surface area contributed by atoms with Crippen molar-refractivity contribution in [2.45, 2.75) is 6.61 Å². The highest BCUT2D eigenvalue weighted by Crippen LogP contribution is 2.11. The van der Waals surface area contributed by atoms with Gasteiger partial charge in [0.1, 0.15) is 12.4 Å². The van der Waals surface area contributed by atoms with Crippen LogP contribution in [0, 0.1) is 4.77 Å². The molecule has 0 bridgehead atoms. The molecule has 0 aliphatic carbocycles. The van der Waals surface area contributed by atoms with E-state index < -0.39 is 0 Å². The van der Waals surface area contributed by atoms with Crippen molar-refractivity contribution in [3.05, 3.63) is 46.7 Å². The van der Waals surface area contributed by atoms with Crippen molar-refractivity contribution in [2.24, 2.45) is 0 Å². The normalized spacial score (nSPS) is 10.0. The van der Waals surface area contributed by atoms with Crippen LogP contribution in [0.25, 0.3) is 0 Å². The van der Waals surface area contributed by atoms with Crippen molar-refractivity contribution in [2.75, 3.05) is 5.73 Å². The zero-order chi connectivity index (χ0) is 11.4. The highest BCUT2D eigenvalue weighted by atomic mass is 32.1. The Kier molecular flexibility index (Phi) is 3.16. The average molecular weight is 233 g/mol. The van der Waals surface area contributed by atoms with E-state index in [1.54, 1.807) is 6.07 Å². The van der Waals surface area contributed by atoms with Gasteiger partial charge in [0.05, 0.1) is 0 Å². The molecule has 5 heteroatoms. The van der Waals surface area contributed by atoms with Gasteiger partial charge in [0, 0.05) is 6.07 Å². The summed E-state index contributed by atoms with van der Waals surface area (Å²) in [6.07, 6.45) is 0. The van der Waals surface area contributed by atoms with Crippen LogP contribution in [0.2, 0.25) is 0 Å². The van der Waals surface area contributed by atoms with Gasteiger partial charge >= 0.3 is 0 Å². The molecule has 0 radical (unpaired) electrons. The van der Waals surface area contributed by atoms with Gasteiger partial charge in [0.25, 0.3) is 0 Å². The van der Waals surface area contributed by atoms with Crippen molar-refractivity contribution in [1.29, 1.82) is 0 Å². The number of aromatic nitrogens is 2. The van der Waals surface area contributed by atoms with Crippen LogP contribution in [-0.4, -0.2) is 9.97 Å². The molecule has 0 atom stereocenters. The van der Waals surface area contributed by atoms with Gasteiger partial charge in [-0.15, -0.1) is 0 Å². The number of nitrogens with two attached hydrogens (primary N) is 1. The van der Waals surface area contributed by atoms with Gasteiger partial charge in [0.2, 0.25) is 10.7 Å². The Balaban J connectivity index is 2.08. The monoisotopic (exact) mass is 233 g/mol. The van der Waals surface area contributed by atoms with Gasteiger partial charge in [0.15, 0.2) is 0 Å². The minimum Gasteiger partial charge on any atom is -0.473 e. The quantitative estimate of drug-likeness (QED) is 0.798. The molecular formula is C11H11N3OS. The van der Waals surface area contributed by atoms with Crippen LogP contribution in [0.1, 0.15) is 5.56 Å².